The zero-order valence-electron chi connectivity index (χ0n) is 4.90. The summed E-state index contributed by atoms with van der Waals surface area (Å²) in [5, 5.41) is 7.69. The lowest BCUT2D eigenvalue weighted by Gasteiger charge is -1.84. The van der Waals surface area contributed by atoms with Gasteiger partial charge in [-0.1, -0.05) is 5.21 Å². The number of halogens is 1. The summed E-state index contributed by atoms with van der Waals surface area (Å²) in [6.07, 6.45) is 3.44. The molecule has 0 amide bonds. The lowest BCUT2D eigenvalue weighted by atomic mass is 10.4. The first-order valence-electron chi connectivity index (χ1n) is 2.69. The Morgan fingerprint density at radius 1 is 1.50 bits per heavy atom. The number of rotatable bonds is 0. The van der Waals surface area contributed by atoms with Crippen LogP contribution in [0.5, 0.6) is 0 Å². The first kappa shape index (κ1) is 6.02. The number of hydrogen-bond donors (Lipinski definition) is 0. The smallest absolute Gasteiger partial charge is 0.118 e. The van der Waals surface area contributed by atoms with Gasteiger partial charge in [-0.05, 0) is 6.07 Å². The maximum Gasteiger partial charge on any atom is 0.118 e. The van der Waals surface area contributed by atoms with Gasteiger partial charge in [-0.25, -0.2) is 0 Å². The lowest BCUT2D eigenvalue weighted by molar-refractivity contribution is 0.938. The highest BCUT2D eigenvalue weighted by Crippen LogP contribution is 2.09. The largest absolute Gasteiger partial charge is 0.262 e. The first-order chi connectivity index (χ1) is 4.88. The van der Waals surface area contributed by atoms with Crippen LogP contribution < -0.4 is 0 Å². The molecule has 10 heavy (non-hydrogen) atoms. The van der Waals surface area contributed by atoms with E-state index in [-0.39, 0.29) is 0 Å². The summed E-state index contributed by atoms with van der Waals surface area (Å²) >= 11 is 2.06. The predicted molar refractivity (Wildman–Crippen MR) is 44.7 cm³/mol. The fourth-order valence-electron chi connectivity index (χ4n) is 0.741. The summed E-state index contributed by atoms with van der Waals surface area (Å²) in [7, 11) is 0. The Morgan fingerprint density at radius 3 is 3.20 bits per heavy atom. The molecule has 50 valence electrons. The highest BCUT2D eigenvalue weighted by atomic mass is 127. The van der Waals surface area contributed by atoms with Crippen LogP contribution in [-0.4, -0.2) is 18.2 Å². The van der Waals surface area contributed by atoms with E-state index in [4.69, 9.17) is 0 Å². The van der Waals surface area contributed by atoms with Gasteiger partial charge in [0.05, 0.1) is 29.1 Å². The quantitative estimate of drug-likeness (QED) is 0.652. The summed E-state index contributed by atoms with van der Waals surface area (Å²) in [4.78, 5) is 3.94. The summed E-state index contributed by atoms with van der Waals surface area (Å²) in [5.74, 6) is 0. The molecule has 0 aliphatic rings. The van der Waals surface area contributed by atoms with Crippen molar-refractivity contribution < 1.29 is 0 Å². The van der Waals surface area contributed by atoms with Crippen molar-refractivity contribution in [3.05, 3.63) is 18.5 Å². The maximum atomic E-state index is 3.94. The average Bonchev–Trinajstić information content (AvgIpc) is 2.34. The van der Waals surface area contributed by atoms with Crippen molar-refractivity contribution in [3.63, 3.8) is 0 Å². The summed E-state index contributed by atoms with van der Waals surface area (Å²) in [6, 6.07) is 1.83. The van der Waals surface area contributed by atoms with Crippen LogP contribution in [0, 0.1) is 0 Å². The standard InChI is InChI=1S/C5H3IN4/c6-10-5-3-7-2-1-4(5)8-9-10/h1-3H. The third-order valence-electron chi connectivity index (χ3n) is 1.21. The average molecular weight is 246 g/mol. The van der Waals surface area contributed by atoms with Gasteiger partial charge in [0.1, 0.15) is 11.0 Å². The molecule has 2 aromatic rings. The van der Waals surface area contributed by atoms with Crippen molar-refractivity contribution in [1.29, 1.82) is 0 Å². The SMILES string of the molecule is In1nnc2ccncc21. The maximum absolute atomic E-state index is 3.94. The molecule has 0 atom stereocenters. The molecular weight excluding hydrogens is 243 g/mol. The van der Waals surface area contributed by atoms with Gasteiger partial charge in [0.25, 0.3) is 0 Å². The minimum atomic E-state index is 0.879. The highest BCUT2D eigenvalue weighted by Gasteiger charge is 1.98. The molecule has 2 rings (SSSR count). The first-order valence-corrected chi connectivity index (χ1v) is 3.66. The molecule has 0 aromatic carbocycles. The Labute approximate surface area is 70.7 Å². The molecule has 2 aromatic heterocycles. The molecule has 0 saturated carbocycles. The Bertz CT molecular complexity index is 355. The summed E-state index contributed by atoms with van der Waals surface area (Å²) in [6.45, 7) is 0. The molecule has 2 heterocycles. The molecule has 0 bridgehead atoms. The van der Waals surface area contributed by atoms with Crippen LogP contribution in [0.2, 0.25) is 0 Å². The molecular formula is C5H3IN4. The van der Waals surface area contributed by atoms with Gasteiger partial charge in [-0.3, -0.25) is 4.98 Å². The Hall–Kier alpha value is -0.720. The van der Waals surface area contributed by atoms with E-state index in [2.05, 4.69) is 38.2 Å². The van der Waals surface area contributed by atoms with Crippen LogP contribution >= 0.6 is 22.9 Å². The lowest BCUT2D eigenvalue weighted by Crippen LogP contribution is -1.79. The molecule has 0 fully saturated rings. The molecule has 0 unspecified atom stereocenters. The van der Waals surface area contributed by atoms with Crippen molar-refractivity contribution in [1.82, 2.24) is 18.2 Å². The van der Waals surface area contributed by atoms with Crippen LogP contribution in [-0.2, 0) is 0 Å². The molecule has 0 saturated heterocycles. The van der Waals surface area contributed by atoms with E-state index in [0.29, 0.717) is 0 Å². The van der Waals surface area contributed by atoms with E-state index in [1.807, 2.05) is 6.07 Å². The van der Waals surface area contributed by atoms with E-state index < -0.39 is 0 Å². The van der Waals surface area contributed by atoms with Crippen LogP contribution in [0.4, 0.5) is 0 Å². The second kappa shape index (κ2) is 2.15. The molecule has 4 nitrogen and oxygen atoms in total. The fraction of sp³-hybridized carbons (Fsp3) is 0. The Morgan fingerprint density at radius 2 is 2.40 bits per heavy atom. The van der Waals surface area contributed by atoms with Crippen LogP contribution in [0.1, 0.15) is 0 Å². The summed E-state index contributed by atoms with van der Waals surface area (Å²) in [5.41, 5.74) is 1.83. The van der Waals surface area contributed by atoms with Crippen LogP contribution in [0.25, 0.3) is 11.0 Å². The van der Waals surface area contributed by atoms with Crippen LogP contribution in [0.15, 0.2) is 18.5 Å². The minimum absolute atomic E-state index is 0.879. The number of hydrogen-bond acceptors (Lipinski definition) is 3. The summed E-state index contributed by atoms with van der Waals surface area (Å²) < 4.78 is 1.67. The molecule has 0 radical (unpaired) electrons. The highest BCUT2D eigenvalue weighted by molar-refractivity contribution is 14.1. The second-order valence-corrected chi connectivity index (χ2v) is 2.73. The van der Waals surface area contributed by atoms with E-state index in [1.54, 1.807) is 15.3 Å². The van der Waals surface area contributed by atoms with E-state index in [1.165, 1.54) is 0 Å². The van der Waals surface area contributed by atoms with Crippen molar-refractivity contribution in [2.24, 2.45) is 0 Å². The number of aromatic nitrogens is 4. The van der Waals surface area contributed by atoms with Gasteiger partial charge in [0.15, 0.2) is 0 Å². The van der Waals surface area contributed by atoms with Gasteiger partial charge in [0, 0.05) is 6.20 Å². The van der Waals surface area contributed by atoms with Crippen molar-refractivity contribution in [2.45, 2.75) is 0 Å². The number of pyridine rings is 1. The minimum Gasteiger partial charge on any atom is -0.262 e. The Balaban J connectivity index is 2.93. The zero-order valence-corrected chi connectivity index (χ0v) is 7.06. The van der Waals surface area contributed by atoms with Crippen molar-refractivity contribution in [2.75, 3.05) is 0 Å². The molecule has 0 spiro atoms. The predicted octanol–water partition coefficient (Wildman–Crippen LogP) is 1.02. The number of fused-ring (bicyclic) bond motifs is 1. The molecule has 5 heteroatoms. The third kappa shape index (κ3) is 0.772. The van der Waals surface area contributed by atoms with E-state index in [9.17, 15) is 0 Å². The molecule has 0 aliphatic carbocycles. The number of nitrogens with zero attached hydrogens (tertiary/aromatic N) is 4. The monoisotopic (exact) mass is 246 g/mol. The topological polar surface area (TPSA) is 43.6 Å². The molecule has 0 N–H and O–H groups in total. The van der Waals surface area contributed by atoms with Gasteiger partial charge in [-0.15, -0.1) is 5.10 Å². The van der Waals surface area contributed by atoms with E-state index in [0.717, 1.165) is 11.0 Å². The van der Waals surface area contributed by atoms with E-state index >= 15 is 0 Å². The van der Waals surface area contributed by atoms with Crippen molar-refractivity contribution >= 4 is 33.9 Å². The zero-order chi connectivity index (χ0) is 6.97. The Kier molecular flexibility index (Phi) is 1.30. The molecule has 0 aliphatic heterocycles. The second-order valence-electron chi connectivity index (χ2n) is 1.81. The van der Waals surface area contributed by atoms with Crippen LogP contribution in [0.3, 0.4) is 0 Å². The normalized spacial score (nSPS) is 10.5. The van der Waals surface area contributed by atoms with Gasteiger partial charge >= 0.3 is 0 Å². The van der Waals surface area contributed by atoms with Gasteiger partial charge < -0.3 is 0 Å². The fourth-order valence-corrected chi connectivity index (χ4v) is 1.21. The van der Waals surface area contributed by atoms with Gasteiger partial charge in [0.2, 0.25) is 0 Å². The van der Waals surface area contributed by atoms with Gasteiger partial charge in [-0.2, -0.15) is 2.90 Å². The third-order valence-corrected chi connectivity index (χ3v) is 1.92. The van der Waals surface area contributed by atoms with Crippen molar-refractivity contribution in [3.8, 4) is 0 Å².